The van der Waals surface area contributed by atoms with Crippen LogP contribution in [-0.2, 0) is 6.04 Å². The fraction of sp³-hybridized carbons (Fsp3) is 0.333. The first-order chi connectivity index (χ1) is 7.63. The molecule has 1 fully saturated rings. The van der Waals surface area contributed by atoms with E-state index in [1.165, 1.54) is 17.2 Å². The Kier molecular flexibility index (Phi) is 2.02. The number of fused-ring (bicyclic) bond motifs is 1. The second-order valence-corrected chi connectivity index (χ2v) is 8.48. The molecule has 0 N–H and O–H groups in total. The molecule has 0 amide bonds. The monoisotopic (exact) mass is 225 g/mol. The van der Waals surface area contributed by atoms with Crippen molar-refractivity contribution in [2.45, 2.75) is 31.9 Å². The second kappa shape index (κ2) is 3.20. The predicted molar refractivity (Wildman–Crippen MR) is 70.8 cm³/mol. The Balaban J connectivity index is 1.84. The highest BCUT2D eigenvalue weighted by atomic mass is 28.3. The van der Waals surface area contributed by atoms with Crippen LogP contribution in [0.4, 0.5) is 0 Å². The summed E-state index contributed by atoms with van der Waals surface area (Å²) in [6.07, 6.45) is 3.69. The summed E-state index contributed by atoms with van der Waals surface area (Å²) in [7, 11) is -0.733. The first-order valence-electron chi connectivity index (χ1n) is 6.00. The minimum Gasteiger partial charge on any atom is -0.0719 e. The lowest BCUT2D eigenvalue weighted by molar-refractivity contribution is 1.01. The van der Waals surface area contributed by atoms with Crippen LogP contribution < -0.4 is 0 Å². The third-order valence-corrected chi connectivity index (χ3v) is 8.34. The van der Waals surface area contributed by atoms with Crippen molar-refractivity contribution in [3.63, 3.8) is 0 Å². The zero-order valence-electron chi connectivity index (χ0n) is 10.2. The summed E-state index contributed by atoms with van der Waals surface area (Å²) in [4.78, 5) is 0. The van der Waals surface area contributed by atoms with Crippen LogP contribution in [0.5, 0.6) is 0 Å². The molecule has 1 aliphatic heterocycles. The van der Waals surface area contributed by atoms with Gasteiger partial charge in [0.1, 0.15) is 0 Å². The van der Waals surface area contributed by atoms with Crippen LogP contribution in [0.25, 0.3) is 0 Å². The van der Waals surface area contributed by atoms with Gasteiger partial charge in [-0.3, -0.25) is 0 Å². The maximum atomic E-state index is 3.69. The number of benzene rings is 1. The van der Waals surface area contributed by atoms with Crippen molar-refractivity contribution in [1.29, 1.82) is 0 Å². The molecule has 2 atom stereocenters. The van der Waals surface area contributed by atoms with Gasteiger partial charge in [-0.25, -0.2) is 0 Å². The van der Waals surface area contributed by atoms with Gasteiger partial charge in [0.15, 0.2) is 0 Å². The van der Waals surface area contributed by atoms with Crippen molar-refractivity contribution in [1.82, 2.24) is 0 Å². The molecule has 1 aliphatic carbocycles. The van der Waals surface area contributed by atoms with Crippen LogP contribution in [0.3, 0.4) is 0 Å². The smallest absolute Gasteiger partial charge is 0.0719 e. The van der Waals surface area contributed by atoms with Crippen LogP contribution in [0.15, 0.2) is 46.7 Å². The molecule has 1 aromatic carbocycles. The van der Waals surface area contributed by atoms with Gasteiger partial charge in [0.05, 0.1) is 8.80 Å². The second-order valence-electron chi connectivity index (χ2n) is 5.23. The summed E-state index contributed by atoms with van der Waals surface area (Å²) in [6.45, 7) is 6.87. The molecule has 0 aromatic heterocycles. The van der Waals surface area contributed by atoms with Crippen molar-refractivity contribution < 1.29 is 0 Å². The van der Waals surface area contributed by atoms with E-state index < -0.39 is 8.80 Å². The Morgan fingerprint density at radius 3 is 2.44 bits per heavy atom. The molecule has 0 saturated carbocycles. The fourth-order valence-corrected chi connectivity index (χ4v) is 7.32. The lowest BCUT2D eigenvalue weighted by atomic mass is 10.2. The Morgan fingerprint density at radius 1 is 1.19 bits per heavy atom. The van der Waals surface area contributed by atoms with Gasteiger partial charge in [0.25, 0.3) is 0 Å². The molecule has 0 nitrogen and oxygen atoms in total. The van der Waals surface area contributed by atoms with E-state index in [4.69, 9.17) is 0 Å². The zero-order valence-corrected chi connectivity index (χ0v) is 11.3. The van der Waals surface area contributed by atoms with Gasteiger partial charge in [-0.2, -0.15) is 0 Å². The van der Waals surface area contributed by atoms with E-state index in [2.05, 4.69) is 57.2 Å². The van der Waals surface area contributed by atoms with E-state index in [-0.39, 0.29) is 0 Å². The zero-order chi connectivity index (χ0) is 11.3. The average Bonchev–Trinajstić information content (AvgIpc) is 2.73. The standard InChI is InChI=1S/C15H17Si/c1-11-9-15(3)14(12(11)2)16(15)10-13-7-5-4-6-8-13/h4-8,16H,10H2,1-3H3. The van der Waals surface area contributed by atoms with Crippen LogP contribution in [0, 0.1) is 6.08 Å². The molecular weight excluding hydrogens is 208 g/mol. The van der Waals surface area contributed by atoms with Crippen molar-refractivity contribution >= 4 is 8.80 Å². The first kappa shape index (κ1) is 10.1. The van der Waals surface area contributed by atoms with Gasteiger partial charge in [0.2, 0.25) is 0 Å². The van der Waals surface area contributed by atoms with Crippen molar-refractivity contribution in [2.75, 3.05) is 0 Å². The van der Waals surface area contributed by atoms with Gasteiger partial charge in [0, 0.05) is 5.04 Å². The Bertz CT molecular complexity index is 495. The van der Waals surface area contributed by atoms with E-state index in [1.807, 2.05) is 0 Å². The molecule has 0 spiro atoms. The van der Waals surface area contributed by atoms with Crippen LogP contribution in [0.1, 0.15) is 26.3 Å². The number of hydrogen-bond acceptors (Lipinski definition) is 0. The van der Waals surface area contributed by atoms with E-state index in [9.17, 15) is 0 Å². The van der Waals surface area contributed by atoms with E-state index in [1.54, 1.807) is 10.8 Å². The SMILES string of the molecule is CC1=[C]C2(C)C(=C1C)[SiH]2Cc1ccccc1. The van der Waals surface area contributed by atoms with E-state index in [0.29, 0.717) is 5.04 Å². The topological polar surface area (TPSA) is 0 Å². The lowest BCUT2D eigenvalue weighted by Crippen LogP contribution is -2.05. The van der Waals surface area contributed by atoms with Crippen molar-refractivity contribution in [3.8, 4) is 0 Å². The molecule has 2 unspecified atom stereocenters. The van der Waals surface area contributed by atoms with E-state index in [0.717, 1.165) is 0 Å². The van der Waals surface area contributed by atoms with Crippen LogP contribution in [-0.4, -0.2) is 8.80 Å². The highest BCUT2D eigenvalue weighted by Gasteiger charge is 2.59. The molecule has 1 radical (unpaired) electrons. The fourth-order valence-electron chi connectivity index (χ4n) is 3.16. The summed E-state index contributed by atoms with van der Waals surface area (Å²) < 4.78 is 0. The Morgan fingerprint density at radius 2 is 1.88 bits per heavy atom. The Labute approximate surface area is 99.3 Å². The van der Waals surface area contributed by atoms with Crippen LogP contribution in [0.2, 0.25) is 5.04 Å². The lowest BCUT2D eigenvalue weighted by Gasteiger charge is -2.04. The molecule has 81 valence electrons. The quantitative estimate of drug-likeness (QED) is 0.677. The van der Waals surface area contributed by atoms with Gasteiger partial charge in [-0.15, -0.1) is 0 Å². The number of rotatable bonds is 2. The minimum absolute atomic E-state index is 0.407. The van der Waals surface area contributed by atoms with Crippen LogP contribution >= 0.6 is 0 Å². The molecule has 0 bridgehead atoms. The average molecular weight is 225 g/mol. The molecule has 1 heterocycles. The molecular formula is C15H17Si. The molecule has 1 heteroatoms. The molecule has 2 aliphatic rings. The largest absolute Gasteiger partial charge is 0.0861 e. The van der Waals surface area contributed by atoms with Gasteiger partial charge < -0.3 is 0 Å². The maximum Gasteiger partial charge on any atom is 0.0861 e. The van der Waals surface area contributed by atoms with Crippen molar-refractivity contribution in [3.05, 3.63) is 58.3 Å². The Hall–Kier alpha value is -1.08. The summed E-state index contributed by atoms with van der Waals surface area (Å²) in [5, 5.41) is 2.18. The summed E-state index contributed by atoms with van der Waals surface area (Å²) in [5.74, 6) is 0. The molecule has 1 aromatic rings. The predicted octanol–water partition coefficient (Wildman–Crippen LogP) is 3.39. The number of allylic oxidation sites excluding steroid dienone is 4. The third kappa shape index (κ3) is 1.28. The normalized spacial score (nSPS) is 31.4. The van der Waals surface area contributed by atoms with Gasteiger partial charge >= 0.3 is 0 Å². The summed E-state index contributed by atoms with van der Waals surface area (Å²) in [6, 6.07) is 12.2. The molecule has 16 heavy (non-hydrogen) atoms. The number of hydrogen-bond donors (Lipinski definition) is 0. The highest BCUT2D eigenvalue weighted by Crippen LogP contribution is 2.65. The first-order valence-corrected chi connectivity index (χ1v) is 7.97. The highest BCUT2D eigenvalue weighted by molar-refractivity contribution is 6.85. The van der Waals surface area contributed by atoms with Gasteiger partial charge in [-0.1, -0.05) is 53.6 Å². The maximum absolute atomic E-state index is 3.69. The summed E-state index contributed by atoms with van der Waals surface area (Å²) >= 11 is 0. The molecule has 3 rings (SSSR count). The van der Waals surface area contributed by atoms with E-state index >= 15 is 0 Å². The van der Waals surface area contributed by atoms with Crippen molar-refractivity contribution in [2.24, 2.45) is 0 Å². The minimum atomic E-state index is -0.733. The van der Waals surface area contributed by atoms with Gasteiger partial charge in [-0.05, 0) is 31.5 Å². The molecule has 1 saturated heterocycles. The summed E-state index contributed by atoms with van der Waals surface area (Å²) in [5.41, 5.74) is 4.46. The third-order valence-electron chi connectivity index (χ3n) is 4.22.